The van der Waals surface area contributed by atoms with E-state index in [0.29, 0.717) is 11.4 Å². The highest BCUT2D eigenvalue weighted by Crippen LogP contribution is 2.30. The van der Waals surface area contributed by atoms with Crippen molar-refractivity contribution in [2.45, 2.75) is 9.96 Å². The van der Waals surface area contributed by atoms with E-state index in [1.54, 1.807) is 24.3 Å². The van der Waals surface area contributed by atoms with Gasteiger partial charge in [0.1, 0.15) is 11.9 Å². The second-order valence-corrected chi connectivity index (χ2v) is 8.80. The van der Waals surface area contributed by atoms with Crippen molar-refractivity contribution < 1.29 is 19.4 Å². The Morgan fingerprint density at radius 1 is 1.03 bits per heavy atom. The van der Waals surface area contributed by atoms with Gasteiger partial charge in [0, 0.05) is 17.8 Å². The Hall–Kier alpha value is -2.93. The van der Waals surface area contributed by atoms with Gasteiger partial charge in [0.25, 0.3) is 17.3 Å². The molecular formula is C17H14Cl3N5O6S. The molecule has 0 aliphatic carbocycles. The number of benzene rings is 2. The summed E-state index contributed by atoms with van der Waals surface area (Å²) in [5.41, 5.74) is -1.13. The van der Waals surface area contributed by atoms with Gasteiger partial charge in [-0.15, -0.1) is 0 Å². The van der Waals surface area contributed by atoms with Crippen molar-refractivity contribution in [3.63, 3.8) is 0 Å². The second-order valence-electron chi connectivity index (χ2n) is 6.03. The normalized spacial score (nSPS) is 11.8. The summed E-state index contributed by atoms with van der Waals surface area (Å²) in [6, 6.07) is 9.10. The Balaban J connectivity index is 2.19. The third-order valence-electron chi connectivity index (χ3n) is 3.81. The van der Waals surface area contributed by atoms with Crippen molar-refractivity contribution >= 4 is 75.1 Å². The number of ether oxygens (including phenoxy) is 1. The van der Waals surface area contributed by atoms with E-state index < -0.39 is 37.1 Å². The maximum atomic E-state index is 12.6. The molecule has 15 heteroatoms. The van der Waals surface area contributed by atoms with Gasteiger partial charge in [-0.3, -0.25) is 25.0 Å². The van der Waals surface area contributed by atoms with Crippen LogP contribution >= 0.6 is 47.0 Å². The summed E-state index contributed by atoms with van der Waals surface area (Å²) in [7, 11) is 1.51. The number of thiocarbonyl (C=S) groups is 1. The third-order valence-corrected chi connectivity index (χ3v) is 4.69. The minimum Gasteiger partial charge on any atom is -0.497 e. The van der Waals surface area contributed by atoms with Gasteiger partial charge in [0.05, 0.1) is 28.6 Å². The summed E-state index contributed by atoms with van der Waals surface area (Å²) in [5, 5.41) is 29.8. The standard InChI is InChI=1S/C17H14Cl3N5O6S/c1-31-13-4-2-10(3-5-13)21-16(32)23-15(17(18,19)20)22-14(26)9-6-11(24(27)28)8-12(7-9)25(29)30/h2-8,15H,1H3,(H,22,26)(H2,21,23,32)/t15-/m0/s1. The lowest BCUT2D eigenvalue weighted by atomic mass is 10.1. The zero-order valence-electron chi connectivity index (χ0n) is 16.0. The van der Waals surface area contributed by atoms with Crippen molar-refractivity contribution in [2.24, 2.45) is 0 Å². The van der Waals surface area contributed by atoms with Crippen LogP contribution in [0.15, 0.2) is 42.5 Å². The molecule has 3 N–H and O–H groups in total. The molecule has 0 unspecified atom stereocenters. The van der Waals surface area contributed by atoms with Gasteiger partial charge in [-0.05, 0) is 36.5 Å². The van der Waals surface area contributed by atoms with Crippen molar-refractivity contribution in [1.82, 2.24) is 10.6 Å². The fraction of sp³-hybridized carbons (Fsp3) is 0.176. The number of rotatable bonds is 7. The van der Waals surface area contributed by atoms with Crippen molar-refractivity contribution in [3.8, 4) is 5.75 Å². The molecule has 0 heterocycles. The van der Waals surface area contributed by atoms with E-state index in [2.05, 4.69) is 16.0 Å². The SMILES string of the molecule is COc1ccc(NC(=S)N[C@H](NC(=O)c2cc([N+](=O)[O-])cc([N+](=O)[O-])c2)C(Cl)(Cl)Cl)cc1. The van der Waals surface area contributed by atoms with Gasteiger partial charge < -0.3 is 20.7 Å². The summed E-state index contributed by atoms with van der Waals surface area (Å²) in [6.45, 7) is 0. The number of methoxy groups -OCH3 is 1. The van der Waals surface area contributed by atoms with Crippen LogP contribution in [0.3, 0.4) is 0 Å². The molecule has 0 saturated carbocycles. The fourth-order valence-electron chi connectivity index (χ4n) is 2.32. The van der Waals surface area contributed by atoms with Crippen LogP contribution in [-0.4, -0.2) is 37.9 Å². The topological polar surface area (TPSA) is 149 Å². The molecule has 2 rings (SSSR count). The summed E-state index contributed by atoms with van der Waals surface area (Å²) in [6.07, 6.45) is -1.41. The van der Waals surface area contributed by atoms with Gasteiger partial charge in [0.2, 0.25) is 3.79 Å². The molecule has 1 atom stereocenters. The number of hydrogen-bond acceptors (Lipinski definition) is 7. The van der Waals surface area contributed by atoms with E-state index in [1.807, 2.05) is 0 Å². The molecular weight excluding hydrogens is 509 g/mol. The predicted octanol–water partition coefficient (Wildman–Crippen LogP) is 3.92. The first-order valence-electron chi connectivity index (χ1n) is 8.43. The van der Waals surface area contributed by atoms with E-state index >= 15 is 0 Å². The van der Waals surface area contributed by atoms with Crippen LogP contribution in [-0.2, 0) is 0 Å². The summed E-state index contributed by atoms with van der Waals surface area (Å²) in [4.78, 5) is 32.9. The van der Waals surface area contributed by atoms with Gasteiger partial charge in [-0.1, -0.05) is 34.8 Å². The zero-order valence-corrected chi connectivity index (χ0v) is 19.1. The Morgan fingerprint density at radius 3 is 2.00 bits per heavy atom. The number of alkyl halides is 3. The smallest absolute Gasteiger partial charge is 0.277 e. The molecule has 2 aromatic rings. The lowest BCUT2D eigenvalue weighted by molar-refractivity contribution is -0.394. The lowest BCUT2D eigenvalue weighted by Crippen LogP contribution is -2.56. The average Bonchev–Trinajstić information content (AvgIpc) is 2.72. The van der Waals surface area contributed by atoms with E-state index in [1.165, 1.54) is 7.11 Å². The summed E-state index contributed by atoms with van der Waals surface area (Å²) >= 11 is 22.9. The quantitative estimate of drug-likeness (QED) is 0.162. The number of nitrogens with one attached hydrogen (secondary N) is 3. The number of carbonyl (C=O) groups is 1. The molecule has 0 radical (unpaired) electrons. The molecule has 0 bridgehead atoms. The van der Waals surface area contributed by atoms with E-state index in [-0.39, 0.29) is 10.7 Å². The van der Waals surface area contributed by atoms with Gasteiger partial charge in [-0.2, -0.15) is 0 Å². The first kappa shape index (κ1) is 25.3. The number of amides is 1. The van der Waals surface area contributed by atoms with Crippen LogP contribution in [0.5, 0.6) is 5.75 Å². The number of nitro benzene ring substituents is 2. The number of hydrogen-bond donors (Lipinski definition) is 3. The van der Waals surface area contributed by atoms with Gasteiger partial charge in [0.15, 0.2) is 5.11 Å². The predicted molar refractivity (Wildman–Crippen MR) is 124 cm³/mol. The van der Waals surface area contributed by atoms with Gasteiger partial charge in [-0.25, -0.2) is 0 Å². The van der Waals surface area contributed by atoms with Crippen LogP contribution in [0.2, 0.25) is 0 Å². The Morgan fingerprint density at radius 2 is 1.56 bits per heavy atom. The molecule has 11 nitrogen and oxygen atoms in total. The van der Waals surface area contributed by atoms with Crippen molar-refractivity contribution in [2.75, 3.05) is 12.4 Å². The van der Waals surface area contributed by atoms with Crippen LogP contribution in [0.4, 0.5) is 17.1 Å². The van der Waals surface area contributed by atoms with Gasteiger partial charge >= 0.3 is 0 Å². The zero-order chi connectivity index (χ0) is 24.1. The molecule has 0 aromatic heterocycles. The first-order valence-corrected chi connectivity index (χ1v) is 9.98. The van der Waals surface area contributed by atoms with Crippen LogP contribution in [0, 0.1) is 20.2 Å². The number of carbonyl (C=O) groups excluding carboxylic acids is 1. The summed E-state index contributed by atoms with van der Waals surface area (Å²) < 4.78 is 2.94. The molecule has 0 aliphatic heterocycles. The van der Waals surface area contributed by atoms with Crippen LogP contribution in [0.25, 0.3) is 0 Å². The molecule has 1 amide bonds. The Kier molecular flexibility index (Phi) is 8.38. The van der Waals surface area contributed by atoms with E-state index in [0.717, 1.165) is 18.2 Å². The second kappa shape index (κ2) is 10.6. The number of nitrogens with zero attached hydrogens (tertiary/aromatic N) is 2. The largest absolute Gasteiger partial charge is 0.497 e. The van der Waals surface area contributed by atoms with Crippen LogP contribution in [0.1, 0.15) is 10.4 Å². The maximum Gasteiger partial charge on any atom is 0.277 e. The molecule has 0 spiro atoms. The Bertz CT molecular complexity index is 1020. The molecule has 0 aliphatic rings. The lowest BCUT2D eigenvalue weighted by Gasteiger charge is -2.27. The molecule has 170 valence electrons. The third kappa shape index (κ3) is 7.05. The fourth-order valence-corrected chi connectivity index (χ4v) is 2.89. The highest BCUT2D eigenvalue weighted by atomic mass is 35.6. The van der Waals surface area contributed by atoms with E-state index in [4.69, 9.17) is 51.8 Å². The molecule has 32 heavy (non-hydrogen) atoms. The highest BCUT2D eigenvalue weighted by molar-refractivity contribution is 7.80. The van der Waals surface area contributed by atoms with Crippen molar-refractivity contribution in [1.29, 1.82) is 0 Å². The average molecular weight is 523 g/mol. The van der Waals surface area contributed by atoms with Crippen LogP contribution < -0.4 is 20.7 Å². The van der Waals surface area contributed by atoms with Crippen molar-refractivity contribution in [3.05, 3.63) is 68.3 Å². The molecule has 0 saturated heterocycles. The first-order chi connectivity index (χ1) is 14.9. The highest BCUT2D eigenvalue weighted by Gasteiger charge is 2.35. The minimum atomic E-state index is -2.12. The number of nitro groups is 2. The maximum absolute atomic E-state index is 12.6. The van der Waals surface area contributed by atoms with E-state index in [9.17, 15) is 25.0 Å². The number of anilines is 1. The minimum absolute atomic E-state index is 0.0307. The molecule has 0 fully saturated rings. The Labute approximate surface area is 201 Å². The monoisotopic (exact) mass is 521 g/mol. The molecule has 2 aromatic carbocycles. The summed E-state index contributed by atoms with van der Waals surface area (Å²) in [5.74, 6) is -0.361. The number of non-ortho nitro benzene ring substituents is 2. The number of halogens is 3.